The van der Waals surface area contributed by atoms with Crippen molar-refractivity contribution in [2.24, 2.45) is 0 Å². The maximum Gasteiger partial charge on any atom is 0.272 e. The molecule has 0 saturated carbocycles. The van der Waals surface area contributed by atoms with Gasteiger partial charge in [-0.2, -0.15) is 0 Å². The summed E-state index contributed by atoms with van der Waals surface area (Å²) in [5.41, 5.74) is -0.600. The first-order valence-corrected chi connectivity index (χ1v) is 2.59. The molecule has 0 radical (unpaired) electrons. The number of rotatable bonds is 1. The van der Waals surface area contributed by atoms with Crippen molar-refractivity contribution < 1.29 is 10.4 Å². The molecule has 0 atom stereocenters. The molecule has 0 fully saturated rings. The van der Waals surface area contributed by atoms with E-state index in [0.29, 0.717) is 0 Å². The molecular weight excluding hydrogens is 130 g/mol. The van der Waals surface area contributed by atoms with Gasteiger partial charge in [-0.15, -0.1) is 0 Å². The van der Waals surface area contributed by atoms with E-state index < -0.39 is 28.7 Å². The topological polar surface area (TPSA) is 43.1 Å². The first-order chi connectivity index (χ1) is 6.37. The fraction of sp³-hybridized carbons (Fsp3) is 0.143. The van der Waals surface area contributed by atoms with Crippen molar-refractivity contribution in [1.82, 2.24) is 0 Å². The maximum absolute atomic E-state index is 10.5. The second-order valence-electron chi connectivity index (χ2n) is 1.73. The average molecular weight is 141 g/mol. The van der Waals surface area contributed by atoms with Crippen LogP contribution in [0.1, 0.15) is 11.0 Å². The van der Waals surface area contributed by atoms with Crippen LogP contribution in [0.3, 0.4) is 0 Å². The lowest BCUT2D eigenvalue weighted by molar-refractivity contribution is -0.385. The van der Waals surface area contributed by atoms with Gasteiger partial charge in [-0.1, -0.05) is 18.1 Å². The van der Waals surface area contributed by atoms with Gasteiger partial charge in [0.25, 0.3) is 5.69 Å². The highest BCUT2D eigenvalue weighted by Crippen LogP contribution is 2.14. The molecule has 0 heterocycles. The lowest BCUT2D eigenvalue weighted by atomic mass is 10.2. The molecule has 0 spiro atoms. The summed E-state index contributed by atoms with van der Waals surface area (Å²) in [4.78, 5) is 9.72. The molecule has 52 valence electrons. The normalized spacial score (nSPS) is 14.9. The Bertz CT molecular complexity index is 390. The molecule has 0 unspecified atom stereocenters. The standard InChI is InChI=1S/C7H7NO2/c1-6-4-2-3-5-7(6)8(9)10/h2-5H,1H3/i2D,3D,4D,5D. The van der Waals surface area contributed by atoms with Gasteiger partial charge in [0.1, 0.15) is 0 Å². The van der Waals surface area contributed by atoms with E-state index in [4.69, 9.17) is 5.48 Å². The molecule has 1 aromatic rings. The fourth-order valence-corrected chi connectivity index (χ4v) is 0.551. The monoisotopic (exact) mass is 141 g/mol. The van der Waals surface area contributed by atoms with Crippen LogP contribution >= 0.6 is 0 Å². The number of benzene rings is 1. The molecule has 0 aliphatic rings. The van der Waals surface area contributed by atoms with Crippen molar-refractivity contribution in [3.05, 3.63) is 39.8 Å². The Morgan fingerprint density at radius 3 is 2.80 bits per heavy atom. The second kappa shape index (κ2) is 2.47. The van der Waals surface area contributed by atoms with Crippen LogP contribution in [-0.4, -0.2) is 4.92 Å². The summed E-state index contributed by atoms with van der Waals surface area (Å²) in [5, 5.41) is 10.5. The Balaban J connectivity index is 3.68. The maximum atomic E-state index is 10.5. The van der Waals surface area contributed by atoms with Crippen LogP contribution in [0.25, 0.3) is 0 Å². The molecule has 0 saturated heterocycles. The van der Waals surface area contributed by atoms with Gasteiger partial charge < -0.3 is 0 Å². The van der Waals surface area contributed by atoms with Crippen molar-refractivity contribution >= 4 is 5.69 Å². The van der Waals surface area contributed by atoms with E-state index in [2.05, 4.69) is 0 Å². The zero-order valence-corrected chi connectivity index (χ0v) is 5.26. The molecular formula is C7H7NO2. The molecule has 0 amide bonds. The average Bonchev–Trinajstić information content (AvgIpc) is 2.11. The van der Waals surface area contributed by atoms with Gasteiger partial charge in [0, 0.05) is 11.6 Å². The highest BCUT2D eigenvalue weighted by molar-refractivity contribution is 5.38. The lowest BCUT2D eigenvalue weighted by Crippen LogP contribution is -1.89. The Kier molecular flexibility index (Phi) is 0.777. The van der Waals surface area contributed by atoms with E-state index in [0.717, 1.165) is 0 Å². The third kappa shape index (κ3) is 1.13. The Morgan fingerprint density at radius 2 is 2.20 bits per heavy atom. The predicted molar refractivity (Wildman–Crippen MR) is 37.8 cm³/mol. The molecule has 0 aromatic heterocycles. The van der Waals surface area contributed by atoms with Crippen LogP contribution < -0.4 is 0 Å². The Morgan fingerprint density at radius 1 is 1.60 bits per heavy atom. The van der Waals surface area contributed by atoms with E-state index in [1.165, 1.54) is 6.92 Å². The minimum atomic E-state index is -0.798. The number of nitro benzene ring substituents is 1. The van der Waals surface area contributed by atoms with Crippen molar-refractivity contribution in [3.63, 3.8) is 0 Å². The second-order valence-corrected chi connectivity index (χ2v) is 1.73. The first-order valence-electron chi connectivity index (χ1n) is 4.59. The van der Waals surface area contributed by atoms with Crippen LogP contribution in [0.4, 0.5) is 5.69 Å². The SMILES string of the molecule is [2H]c1c([2H])c([2H])c([N+](=O)[O-])c(C)c1[2H]. The minimum absolute atomic E-state index is 0.0407. The summed E-state index contributed by atoms with van der Waals surface area (Å²) in [7, 11) is 0. The van der Waals surface area contributed by atoms with Crippen molar-refractivity contribution in [2.75, 3.05) is 0 Å². The Labute approximate surface area is 64.1 Å². The number of hydrogen-bond donors (Lipinski definition) is 0. The van der Waals surface area contributed by atoms with E-state index in [1.807, 2.05) is 0 Å². The van der Waals surface area contributed by atoms with E-state index >= 15 is 0 Å². The molecule has 3 nitrogen and oxygen atoms in total. The highest BCUT2D eigenvalue weighted by Gasteiger charge is 2.05. The predicted octanol–water partition coefficient (Wildman–Crippen LogP) is 1.90. The van der Waals surface area contributed by atoms with Gasteiger partial charge in [-0.05, 0) is 6.92 Å². The summed E-state index contributed by atoms with van der Waals surface area (Å²) in [6.45, 7) is 1.30. The third-order valence-corrected chi connectivity index (χ3v) is 1.03. The van der Waals surface area contributed by atoms with Gasteiger partial charge in [0.2, 0.25) is 0 Å². The van der Waals surface area contributed by atoms with Crippen molar-refractivity contribution in [2.45, 2.75) is 6.92 Å². The minimum Gasteiger partial charge on any atom is -0.258 e. The fourth-order valence-electron chi connectivity index (χ4n) is 0.551. The van der Waals surface area contributed by atoms with E-state index in [9.17, 15) is 10.1 Å². The van der Waals surface area contributed by atoms with Gasteiger partial charge >= 0.3 is 0 Å². The zero-order valence-electron chi connectivity index (χ0n) is 9.26. The zero-order chi connectivity index (χ0) is 11.0. The molecule has 3 heteroatoms. The summed E-state index contributed by atoms with van der Waals surface area (Å²) >= 11 is 0. The number of hydrogen-bond acceptors (Lipinski definition) is 2. The van der Waals surface area contributed by atoms with Gasteiger partial charge in [-0.3, -0.25) is 10.1 Å². The molecule has 0 aliphatic carbocycles. The van der Waals surface area contributed by atoms with Crippen LogP contribution in [0.5, 0.6) is 0 Å². The quantitative estimate of drug-likeness (QED) is 0.442. The number of nitro groups is 1. The largest absolute Gasteiger partial charge is 0.272 e. The summed E-state index contributed by atoms with van der Waals surface area (Å²) < 4.78 is 29.1. The van der Waals surface area contributed by atoms with Gasteiger partial charge in [0.15, 0.2) is 0 Å². The molecule has 0 N–H and O–H groups in total. The summed E-state index contributed by atoms with van der Waals surface area (Å²) in [6.07, 6.45) is 0. The molecule has 1 aromatic carbocycles. The van der Waals surface area contributed by atoms with Crippen molar-refractivity contribution in [3.8, 4) is 0 Å². The highest BCUT2D eigenvalue weighted by atomic mass is 16.6. The molecule has 0 bridgehead atoms. The summed E-state index contributed by atoms with van der Waals surface area (Å²) in [6, 6.07) is -1.99. The first kappa shape index (κ1) is 3.14. The van der Waals surface area contributed by atoms with Gasteiger partial charge in [-0.25, -0.2) is 0 Å². The lowest BCUT2D eigenvalue weighted by Gasteiger charge is -1.92. The smallest absolute Gasteiger partial charge is 0.258 e. The van der Waals surface area contributed by atoms with E-state index in [-0.39, 0.29) is 11.6 Å². The van der Waals surface area contributed by atoms with Gasteiger partial charge in [0.05, 0.1) is 10.4 Å². The summed E-state index contributed by atoms with van der Waals surface area (Å²) in [5.74, 6) is 0. The molecule has 1 rings (SSSR count). The van der Waals surface area contributed by atoms with E-state index in [1.54, 1.807) is 0 Å². The third-order valence-electron chi connectivity index (χ3n) is 1.03. The molecule has 0 aliphatic heterocycles. The van der Waals surface area contributed by atoms with Crippen LogP contribution in [-0.2, 0) is 0 Å². The molecule has 10 heavy (non-hydrogen) atoms. The Hall–Kier alpha value is -1.38. The van der Waals surface area contributed by atoms with Crippen molar-refractivity contribution in [1.29, 1.82) is 0 Å². The van der Waals surface area contributed by atoms with Crippen LogP contribution in [0.2, 0.25) is 0 Å². The van der Waals surface area contributed by atoms with Crippen LogP contribution in [0, 0.1) is 17.0 Å². The van der Waals surface area contributed by atoms with Crippen LogP contribution in [0.15, 0.2) is 24.2 Å². The number of nitrogens with zero attached hydrogens (tertiary/aromatic N) is 1. The number of para-hydroxylation sites is 1.